The highest BCUT2D eigenvalue weighted by Crippen LogP contribution is 2.12. The lowest BCUT2D eigenvalue weighted by atomic mass is 10.3. The molecule has 3 N–H and O–H groups in total. The molecule has 1 aromatic heterocycles. The minimum atomic E-state index is -3.62. The SMILES string of the molecule is CCC(C(N)=S)S(=O)(=O)Nc1ccc(C)cn1. The van der Waals surface area contributed by atoms with E-state index in [9.17, 15) is 8.42 Å². The van der Waals surface area contributed by atoms with Gasteiger partial charge >= 0.3 is 0 Å². The molecule has 94 valence electrons. The summed E-state index contributed by atoms with van der Waals surface area (Å²) in [7, 11) is -3.62. The van der Waals surface area contributed by atoms with Crippen LogP contribution in [0.3, 0.4) is 0 Å². The van der Waals surface area contributed by atoms with Crippen LogP contribution in [0.15, 0.2) is 18.3 Å². The number of aromatic nitrogens is 1. The van der Waals surface area contributed by atoms with Gasteiger partial charge in [-0.3, -0.25) is 4.72 Å². The Kier molecular flexibility index (Phi) is 4.41. The Morgan fingerprint density at radius 2 is 2.24 bits per heavy atom. The van der Waals surface area contributed by atoms with Crippen molar-refractivity contribution in [1.82, 2.24) is 4.98 Å². The molecule has 0 bridgehead atoms. The fraction of sp³-hybridized carbons (Fsp3) is 0.400. The summed E-state index contributed by atoms with van der Waals surface area (Å²) in [6, 6.07) is 3.37. The largest absolute Gasteiger partial charge is 0.392 e. The zero-order chi connectivity index (χ0) is 13.1. The third-order valence-corrected chi connectivity index (χ3v) is 4.48. The van der Waals surface area contributed by atoms with E-state index in [1.807, 2.05) is 6.92 Å². The zero-order valence-electron chi connectivity index (χ0n) is 9.67. The zero-order valence-corrected chi connectivity index (χ0v) is 11.3. The van der Waals surface area contributed by atoms with Crippen LogP contribution in [0.4, 0.5) is 5.82 Å². The van der Waals surface area contributed by atoms with E-state index >= 15 is 0 Å². The lowest BCUT2D eigenvalue weighted by Gasteiger charge is -2.15. The van der Waals surface area contributed by atoms with Crippen molar-refractivity contribution in [3.05, 3.63) is 23.9 Å². The Hall–Kier alpha value is -1.21. The summed E-state index contributed by atoms with van der Waals surface area (Å²) in [4.78, 5) is 3.93. The van der Waals surface area contributed by atoms with Crippen molar-refractivity contribution in [2.24, 2.45) is 5.73 Å². The Labute approximate surface area is 106 Å². The number of nitrogens with zero attached hydrogens (tertiary/aromatic N) is 1. The van der Waals surface area contributed by atoms with E-state index in [1.54, 1.807) is 25.3 Å². The number of anilines is 1. The van der Waals surface area contributed by atoms with Crippen LogP contribution in [0.5, 0.6) is 0 Å². The van der Waals surface area contributed by atoms with Gasteiger partial charge in [-0.2, -0.15) is 0 Å². The van der Waals surface area contributed by atoms with Crippen LogP contribution in [-0.4, -0.2) is 23.6 Å². The van der Waals surface area contributed by atoms with Gasteiger partial charge in [0, 0.05) is 6.20 Å². The van der Waals surface area contributed by atoms with E-state index in [2.05, 4.69) is 9.71 Å². The molecule has 0 fully saturated rings. The fourth-order valence-electron chi connectivity index (χ4n) is 1.32. The average Bonchev–Trinajstić information content (AvgIpc) is 2.21. The third kappa shape index (κ3) is 3.64. The van der Waals surface area contributed by atoms with Gasteiger partial charge in [0.2, 0.25) is 10.0 Å². The number of nitrogens with one attached hydrogen (secondary N) is 1. The second-order valence-corrected chi connectivity index (χ2v) is 6.00. The second kappa shape index (κ2) is 5.42. The summed E-state index contributed by atoms with van der Waals surface area (Å²) in [5.41, 5.74) is 6.36. The number of nitrogens with two attached hydrogens (primary N) is 1. The van der Waals surface area contributed by atoms with Crippen molar-refractivity contribution >= 4 is 33.0 Å². The van der Waals surface area contributed by atoms with Crippen LogP contribution < -0.4 is 10.5 Å². The lowest BCUT2D eigenvalue weighted by Crippen LogP contribution is -2.37. The average molecular weight is 273 g/mol. The van der Waals surface area contributed by atoms with Crippen LogP contribution >= 0.6 is 12.2 Å². The number of pyridine rings is 1. The Morgan fingerprint density at radius 3 is 2.65 bits per heavy atom. The van der Waals surface area contributed by atoms with Gasteiger partial charge in [0.1, 0.15) is 11.1 Å². The molecule has 1 atom stereocenters. The van der Waals surface area contributed by atoms with E-state index in [1.165, 1.54) is 0 Å². The fourth-order valence-corrected chi connectivity index (χ4v) is 3.16. The first-order valence-electron chi connectivity index (χ1n) is 5.10. The predicted molar refractivity (Wildman–Crippen MR) is 72.4 cm³/mol. The normalized spacial score (nSPS) is 13.1. The van der Waals surface area contributed by atoms with E-state index in [0.29, 0.717) is 6.42 Å². The van der Waals surface area contributed by atoms with Crippen molar-refractivity contribution in [2.45, 2.75) is 25.5 Å². The summed E-state index contributed by atoms with van der Waals surface area (Å²) in [6.45, 7) is 3.58. The molecule has 0 saturated heterocycles. The minimum Gasteiger partial charge on any atom is -0.392 e. The van der Waals surface area contributed by atoms with Gasteiger partial charge in [-0.05, 0) is 25.0 Å². The highest BCUT2D eigenvalue weighted by atomic mass is 32.2. The van der Waals surface area contributed by atoms with Crippen molar-refractivity contribution < 1.29 is 8.42 Å². The molecule has 0 amide bonds. The predicted octanol–water partition coefficient (Wildman–Crippen LogP) is 1.20. The topological polar surface area (TPSA) is 85.1 Å². The number of aryl methyl sites for hydroxylation is 1. The van der Waals surface area contributed by atoms with Crippen LogP contribution in [0.1, 0.15) is 18.9 Å². The quantitative estimate of drug-likeness (QED) is 0.787. The third-order valence-electron chi connectivity index (χ3n) is 2.22. The molecule has 5 nitrogen and oxygen atoms in total. The summed E-state index contributed by atoms with van der Waals surface area (Å²) < 4.78 is 26.2. The van der Waals surface area contributed by atoms with Gasteiger partial charge < -0.3 is 5.73 Å². The number of rotatable bonds is 5. The van der Waals surface area contributed by atoms with Crippen molar-refractivity contribution in [1.29, 1.82) is 0 Å². The summed E-state index contributed by atoms with van der Waals surface area (Å²) >= 11 is 4.74. The lowest BCUT2D eigenvalue weighted by molar-refractivity contribution is 0.594. The van der Waals surface area contributed by atoms with Crippen molar-refractivity contribution in [3.63, 3.8) is 0 Å². The minimum absolute atomic E-state index is 0.0351. The molecule has 0 spiro atoms. The molecule has 0 aliphatic rings. The van der Waals surface area contributed by atoms with E-state index < -0.39 is 15.3 Å². The molecule has 1 heterocycles. The summed E-state index contributed by atoms with van der Waals surface area (Å²) in [5, 5.41) is -0.874. The van der Waals surface area contributed by atoms with E-state index in [0.717, 1.165) is 5.56 Å². The molecule has 7 heteroatoms. The standard InChI is InChI=1S/C10H15N3O2S2/c1-3-8(10(11)16)17(14,15)13-9-5-4-7(2)6-12-9/h4-6,8H,3H2,1-2H3,(H2,11,16)(H,12,13). The Balaban J connectivity index is 2.93. The monoisotopic (exact) mass is 273 g/mol. The molecule has 17 heavy (non-hydrogen) atoms. The molecule has 0 radical (unpaired) electrons. The Morgan fingerprint density at radius 1 is 1.59 bits per heavy atom. The number of thiocarbonyl (C=S) groups is 1. The first-order valence-corrected chi connectivity index (χ1v) is 7.06. The maximum Gasteiger partial charge on any atom is 0.243 e. The molecular weight excluding hydrogens is 258 g/mol. The van der Waals surface area contributed by atoms with Crippen LogP contribution in [-0.2, 0) is 10.0 Å². The molecule has 1 unspecified atom stereocenters. The Bertz CT molecular complexity index is 497. The molecule has 1 aromatic rings. The van der Waals surface area contributed by atoms with Crippen LogP contribution in [0.2, 0.25) is 0 Å². The van der Waals surface area contributed by atoms with Gasteiger partial charge in [0.25, 0.3) is 0 Å². The van der Waals surface area contributed by atoms with E-state index in [4.69, 9.17) is 18.0 Å². The maximum absolute atomic E-state index is 11.9. The summed E-state index contributed by atoms with van der Waals surface area (Å²) in [6.07, 6.45) is 1.91. The molecule has 0 aromatic carbocycles. The highest BCUT2D eigenvalue weighted by Gasteiger charge is 2.26. The first-order chi connectivity index (χ1) is 7.86. The molecule has 1 rings (SSSR count). The first kappa shape index (κ1) is 13.9. The smallest absolute Gasteiger partial charge is 0.243 e. The summed E-state index contributed by atoms with van der Waals surface area (Å²) in [5.74, 6) is 0.269. The van der Waals surface area contributed by atoms with Gasteiger partial charge in [0.05, 0.1) is 4.99 Å². The number of hydrogen-bond acceptors (Lipinski definition) is 4. The van der Waals surface area contributed by atoms with Gasteiger partial charge in [-0.15, -0.1) is 0 Å². The molecule has 0 aliphatic carbocycles. The van der Waals surface area contributed by atoms with Crippen molar-refractivity contribution in [2.75, 3.05) is 4.72 Å². The molecular formula is C10H15N3O2S2. The van der Waals surface area contributed by atoms with Crippen LogP contribution in [0.25, 0.3) is 0 Å². The van der Waals surface area contributed by atoms with E-state index in [-0.39, 0.29) is 10.8 Å². The van der Waals surface area contributed by atoms with Crippen molar-refractivity contribution in [3.8, 4) is 0 Å². The molecule has 0 saturated carbocycles. The van der Waals surface area contributed by atoms with Crippen LogP contribution in [0, 0.1) is 6.92 Å². The van der Waals surface area contributed by atoms with Gasteiger partial charge in [0.15, 0.2) is 0 Å². The van der Waals surface area contributed by atoms with Gasteiger partial charge in [-0.1, -0.05) is 25.2 Å². The maximum atomic E-state index is 11.9. The second-order valence-electron chi connectivity index (χ2n) is 3.67. The highest BCUT2D eigenvalue weighted by molar-refractivity contribution is 7.95. The van der Waals surface area contributed by atoms with Gasteiger partial charge in [-0.25, -0.2) is 13.4 Å². The number of hydrogen-bond donors (Lipinski definition) is 2. The molecule has 0 aliphatic heterocycles. The number of sulfonamides is 1.